The van der Waals surface area contributed by atoms with Gasteiger partial charge in [0.15, 0.2) is 11.0 Å². The number of aromatic nitrogens is 2. The fourth-order valence-electron chi connectivity index (χ4n) is 1.52. The molecule has 3 nitrogen and oxygen atoms in total. The lowest BCUT2D eigenvalue weighted by Crippen LogP contribution is -2.36. The Balaban J connectivity index is 2.79. The number of nitrogens with one attached hydrogen (secondary N) is 1. The van der Waals surface area contributed by atoms with Gasteiger partial charge in [-0.2, -0.15) is 8.75 Å². The van der Waals surface area contributed by atoms with Gasteiger partial charge in [-0.15, -0.1) is 0 Å². The van der Waals surface area contributed by atoms with E-state index in [0.29, 0.717) is 5.15 Å². The summed E-state index contributed by atoms with van der Waals surface area (Å²) < 4.78 is 8.07. The number of halogens is 1. The highest BCUT2D eigenvalue weighted by Crippen LogP contribution is 2.28. The van der Waals surface area contributed by atoms with Crippen molar-refractivity contribution in [2.45, 2.75) is 45.6 Å². The van der Waals surface area contributed by atoms with Crippen molar-refractivity contribution in [2.75, 3.05) is 5.32 Å². The van der Waals surface area contributed by atoms with E-state index in [2.05, 4.69) is 34.8 Å². The van der Waals surface area contributed by atoms with E-state index in [0.717, 1.165) is 36.8 Å². The van der Waals surface area contributed by atoms with Gasteiger partial charge in [0.25, 0.3) is 0 Å². The first-order valence-corrected chi connectivity index (χ1v) is 6.04. The van der Waals surface area contributed by atoms with Crippen molar-refractivity contribution in [3.8, 4) is 0 Å². The highest BCUT2D eigenvalue weighted by Gasteiger charge is 2.25. The van der Waals surface area contributed by atoms with E-state index in [1.165, 1.54) is 0 Å². The monoisotopic (exact) mass is 233 g/mol. The SMILES string of the molecule is CCC(CC)(CC)Nc1nsnc1Cl. The van der Waals surface area contributed by atoms with Crippen molar-refractivity contribution < 1.29 is 0 Å². The lowest BCUT2D eigenvalue weighted by molar-refractivity contribution is 0.419. The van der Waals surface area contributed by atoms with E-state index in [1.54, 1.807) is 0 Å². The summed E-state index contributed by atoms with van der Waals surface area (Å²) in [6.45, 7) is 6.52. The molecule has 0 atom stereocenters. The van der Waals surface area contributed by atoms with Gasteiger partial charge in [-0.1, -0.05) is 32.4 Å². The van der Waals surface area contributed by atoms with Crippen LogP contribution in [0.3, 0.4) is 0 Å². The van der Waals surface area contributed by atoms with Gasteiger partial charge in [-0.3, -0.25) is 0 Å². The molecule has 0 saturated heterocycles. The first kappa shape index (κ1) is 11.7. The lowest BCUT2D eigenvalue weighted by Gasteiger charge is -2.31. The molecule has 1 heterocycles. The zero-order valence-electron chi connectivity index (χ0n) is 8.80. The molecule has 1 aromatic rings. The molecule has 0 bridgehead atoms. The predicted octanol–water partition coefficient (Wildman–Crippen LogP) is 3.57. The largest absolute Gasteiger partial charge is 0.361 e. The molecule has 0 unspecified atom stereocenters. The molecule has 0 radical (unpaired) electrons. The third-order valence-corrected chi connectivity index (χ3v) is 3.75. The van der Waals surface area contributed by atoms with Crippen LogP contribution >= 0.6 is 23.3 Å². The Morgan fingerprint density at radius 1 is 1.21 bits per heavy atom. The van der Waals surface area contributed by atoms with E-state index in [1.807, 2.05) is 0 Å². The van der Waals surface area contributed by atoms with Crippen LogP contribution in [-0.2, 0) is 0 Å². The summed E-state index contributed by atoms with van der Waals surface area (Å²) in [4.78, 5) is 0. The molecule has 1 N–H and O–H groups in total. The van der Waals surface area contributed by atoms with E-state index in [9.17, 15) is 0 Å². The Kier molecular flexibility index (Phi) is 4.13. The summed E-state index contributed by atoms with van der Waals surface area (Å²) in [7, 11) is 0. The maximum atomic E-state index is 5.89. The van der Waals surface area contributed by atoms with Gasteiger partial charge in [0.1, 0.15) is 0 Å². The molecular weight excluding hydrogens is 218 g/mol. The van der Waals surface area contributed by atoms with E-state index in [4.69, 9.17) is 11.6 Å². The van der Waals surface area contributed by atoms with Crippen LogP contribution in [0.5, 0.6) is 0 Å². The second kappa shape index (κ2) is 4.94. The minimum absolute atomic E-state index is 0.111. The smallest absolute Gasteiger partial charge is 0.186 e. The van der Waals surface area contributed by atoms with Gasteiger partial charge in [0.05, 0.1) is 11.7 Å². The quantitative estimate of drug-likeness (QED) is 0.845. The Morgan fingerprint density at radius 3 is 2.14 bits per heavy atom. The first-order chi connectivity index (χ1) is 6.67. The Hall–Kier alpha value is -0.350. The molecular formula is C9H16ClN3S. The van der Waals surface area contributed by atoms with Crippen LogP contribution in [0.15, 0.2) is 0 Å². The number of nitrogens with zero attached hydrogens (tertiary/aromatic N) is 2. The molecule has 14 heavy (non-hydrogen) atoms. The summed E-state index contributed by atoms with van der Waals surface area (Å²) in [5.41, 5.74) is 0.111. The first-order valence-electron chi connectivity index (χ1n) is 4.93. The molecule has 0 saturated carbocycles. The van der Waals surface area contributed by atoms with Gasteiger partial charge in [0.2, 0.25) is 0 Å². The van der Waals surface area contributed by atoms with Crippen molar-refractivity contribution in [3.63, 3.8) is 0 Å². The second-order valence-corrected chi connectivity index (χ2v) is 4.26. The van der Waals surface area contributed by atoms with E-state index >= 15 is 0 Å². The summed E-state index contributed by atoms with van der Waals surface area (Å²) >= 11 is 7.03. The zero-order valence-corrected chi connectivity index (χ0v) is 10.4. The Bertz CT molecular complexity index is 275. The predicted molar refractivity (Wildman–Crippen MR) is 62.1 cm³/mol. The average molecular weight is 234 g/mol. The van der Waals surface area contributed by atoms with Crippen LogP contribution in [0.1, 0.15) is 40.0 Å². The topological polar surface area (TPSA) is 37.8 Å². The number of rotatable bonds is 5. The lowest BCUT2D eigenvalue weighted by atomic mass is 9.90. The molecule has 0 aliphatic carbocycles. The third kappa shape index (κ3) is 2.36. The van der Waals surface area contributed by atoms with Gasteiger partial charge >= 0.3 is 0 Å². The van der Waals surface area contributed by atoms with Crippen molar-refractivity contribution in [3.05, 3.63) is 5.15 Å². The molecule has 1 aromatic heterocycles. The molecule has 0 aliphatic rings. The number of anilines is 1. The standard InChI is InChI=1S/C9H16ClN3S/c1-4-9(5-2,6-3)11-8-7(10)12-14-13-8/h4-6H2,1-3H3,(H,11,13). The highest BCUT2D eigenvalue weighted by atomic mass is 35.5. The van der Waals surface area contributed by atoms with Gasteiger partial charge < -0.3 is 5.32 Å². The third-order valence-electron chi connectivity index (χ3n) is 2.86. The summed E-state index contributed by atoms with van der Waals surface area (Å²) in [5, 5.41) is 3.88. The second-order valence-electron chi connectivity index (χ2n) is 3.37. The average Bonchev–Trinajstić information content (AvgIpc) is 2.61. The van der Waals surface area contributed by atoms with Crippen LogP contribution in [0.4, 0.5) is 5.82 Å². The van der Waals surface area contributed by atoms with Gasteiger partial charge in [-0.25, -0.2) is 0 Å². The summed E-state index contributed by atoms with van der Waals surface area (Å²) in [6, 6.07) is 0. The minimum Gasteiger partial charge on any atom is -0.361 e. The number of hydrogen-bond acceptors (Lipinski definition) is 4. The van der Waals surface area contributed by atoms with Crippen LogP contribution in [-0.4, -0.2) is 14.3 Å². The normalized spacial score (nSPS) is 11.7. The molecule has 80 valence electrons. The fraction of sp³-hybridized carbons (Fsp3) is 0.778. The Labute approximate surface area is 94.2 Å². The minimum atomic E-state index is 0.111. The van der Waals surface area contributed by atoms with Crippen molar-refractivity contribution in [2.24, 2.45) is 0 Å². The number of hydrogen-bond donors (Lipinski definition) is 1. The summed E-state index contributed by atoms with van der Waals surface area (Å²) in [5.74, 6) is 0.724. The molecule has 5 heteroatoms. The van der Waals surface area contributed by atoms with Crippen molar-refractivity contribution >= 4 is 29.1 Å². The van der Waals surface area contributed by atoms with Crippen LogP contribution < -0.4 is 5.32 Å². The molecule has 0 spiro atoms. The maximum absolute atomic E-state index is 5.89. The van der Waals surface area contributed by atoms with Crippen molar-refractivity contribution in [1.29, 1.82) is 0 Å². The molecule has 0 aromatic carbocycles. The Morgan fingerprint density at radius 2 is 1.79 bits per heavy atom. The maximum Gasteiger partial charge on any atom is 0.186 e. The van der Waals surface area contributed by atoms with Crippen LogP contribution in [0, 0.1) is 0 Å². The molecule has 1 rings (SSSR count). The molecule has 0 aliphatic heterocycles. The van der Waals surface area contributed by atoms with Gasteiger partial charge in [0, 0.05) is 5.54 Å². The van der Waals surface area contributed by atoms with Crippen molar-refractivity contribution in [1.82, 2.24) is 8.75 Å². The van der Waals surface area contributed by atoms with Crippen LogP contribution in [0.25, 0.3) is 0 Å². The zero-order chi connectivity index (χ0) is 10.6. The van der Waals surface area contributed by atoms with E-state index < -0.39 is 0 Å². The highest BCUT2D eigenvalue weighted by molar-refractivity contribution is 6.99. The molecule has 0 fully saturated rings. The molecule has 0 amide bonds. The van der Waals surface area contributed by atoms with E-state index in [-0.39, 0.29) is 5.54 Å². The van der Waals surface area contributed by atoms with Gasteiger partial charge in [-0.05, 0) is 19.3 Å². The van der Waals surface area contributed by atoms with Crippen LogP contribution in [0.2, 0.25) is 5.15 Å². The summed E-state index contributed by atoms with van der Waals surface area (Å²) in [6.07, 6.45) is 3.19. The fourth-order valence-corrected chi connectivity index (χ4v) is 2.16.